The molecule has 0 saturated carbocycles. The van der Waals surface area contributed by atoms with Crippen molar-refractivity contribution in [1.29, 1.82) is 0 Å². The number of nitrogen functional groups attached to an aromatic ring is 4. The van der Waals surface area contributed by atoms with Gasteiger partial charge in [0.2, 0.25) is 17.7 Å². The third-order valence-corrected chi connectivity index (χ3v) is 16.6. The molecular formula is C55H81N17O4. The number of piperazine rings is 2. The molecule has 4 aromatic heterocycles. The number of carbonyl (C=O) groups is 3. The smallest absolute Gasteiger partial charge is 0.241 e. The van der Waals surface area contributed by atoms with Crippen molar-refractivity contribution >= 4 is 63.2 Å². The normalized spacial score (nSPS) is 22.2. The molecule has 7 aliphatic heterocycles. The van der Waals surface area contributed by atoms with Gasteiger partial charge in [-0.1, -0.05) is 6.58 Å². The Labute approximate surface area is 448 Å². The molecule has 0 bridgehead atoms. The van der Waals surface area contributed by atoms with E-state index in [4.69, 9.17) is 27.7 Å². The van der Waals surface area contributed by atoms with Gasteiger partial charge in [0.15, 0.2) is 0 Å². The molecule has 11 heterocycles. The van der Waals surface area contributed by atoms with Gasteiger partial charge in [-0.25, -0.2) is 0 Å². The molecule has 0 radical (unpaired) electrons. The Morgan fingerprint density at radius 2 is 1.01 bits per heavy atom. The Hall–Kier alpha value is -7.13. The standard InChI is InChI=1S/C15H22N4O.C14H20N4O.C13H19N5O.C13H20N4O/c1-18-11-15(4-2-14(18)20)5-8-19(9-6-15)13-3-7-17-10-12(13)16;1-17-10-14(8-13(17)19)3-6-18(7-4-14)12-2-5-16-9-11(12)15;1-16-4-5-17-6-7-18(9-12(17)13(16)19)11-2-3-15-8-10(11)14;1-10(16(2)3)13-9-17(6-7-18-13)12-4-5-15-8-11(12)14/h3,7,10H,2,4-6,8-9,11,16H2,1H3;2,5,9H,3-4,6-8,10,15H2,1H3;2-3,8,12H,4-7,9,14H2,1H3;4-5,8,13H,1,6-7,9,14H2,2-3H3. The number of nitrogens with two attached hydrogens (primary N) is 4. The molecule has 4 aromatic rings. The Kier molecular flexibility index (Phi) is 17.6. The minimum atomic E-state index is -0.0416. The molecule has 0 aliphatic carbocycles. The van der Waals surface area contributed by atoms with Gasteiger partial charge in [0.05, 0.1) is 76.9 Å². The highest BCUT2D eigenvalue weighted by atomic mass is 16.5. The molecule has 2 unspecified atom stereocenters. The van der Waals surface area contributed by atoms with Crippen LogP contribution in [0, 0.1) is 10.8 Å². The lowest BCUT2D eigenvalue weighted by Gasteiger charge is -2.47. The van der Waals surface area contributed by atoms with Crippen LogP contribution in [-0.2, 0) is 19.1 Å². The topological polar surface area (TPSA) is 245 Å². The first-order valence-electron chi connectivity index (χ1n) is 26.7. The molecule has 2 atom stereocenters. The minimum Gasteiger partial charge on any atom is -0.396 e. The van der Waals surface area contributed by atoms with Crippen LogP contribution in [0.1, 0.15) is 44.9 Å². The van der Waals surface area contributed by atoms with E-state index >= 15 is 0 Å². The maximum atomic E-state index is 12.2. The summed E-state index contributed by atoms with van der Waals surface area (Å²) in [5.41, 5.74) is 32.4. The van der Waals surface area contributed by atoms with Crippen molar-refractivity contribution in [3.63, 3.8) is 0 Å². The molecule has 2 spiro atoms. The summed E-state index contributed by atoms with van der Waals surface area (Å²) < 4.78 is 5.75. The molecule has 0 aromatic carbocycles. The number of pyridine rings is 4. The van der Waals surface area contributed by atoms with Crippen molar-refractivity contribution in [1.82, 2.24) is 44.4 Å². The van der Waals surface area contributed by atoms with E-state index in [0.29, 0.717) is 42.8 Å². The number of anilines is 8. The second-order valence-corrected chi connectivity index (χ2v) is 21.8. The third kappa shape index (κ3) is 12.9. The van der Waals surface area contributed by atoms with Gasteiger partial charge >= 0.3 is 0 Å². The first-order chi connectivity index (χ1) is 36.4. The van der Waals surface area contributed by atoms with Gasteiger partial charge in [-0.3, -0.25) is 39.2 Å². The molecule has 410 valence electrons. The van der Waals surface area contributed by atoms with Crippen LogP contribution in [0.3, 0.4) is 0 Å². The van der Waals surface area contributed by atoms with Crippen LogP contribution in [0.2, 0.25) is 0 Å². The maximum Gasteiger partial charge on any atom is 0.241 e. The summed E-state index contributed by atoms with van der Waals surface area (Å²) in [5, 5.41) is 0. The van der Waals surface area contributed by atoms with E-state index in [1.54, 1.807) is 49.6 Å². The van der Waals surface area contributed by atoms with Crippen molar-refractivity contribution < 1.29 is 19.1 Å². The predicted octanol–water partition coefficient (Wildman–Crippen LogP) is 3.19. The number of piperidine rings is 3. The monoisotopic (exact) mass is 1040 g/mol. The number of likely N-dealkylation sites (tertiary alicyclic amines) is 2. The van der Waals surface area contributed by atoms with E-state index < -0.39 is 0 Å². The van der Waals surface area contributed by atoms with E-state index in [0.717, 1.165) is 150 Å². The van der Waals surface area contributed by atoms with Gasteiger partial charge in [0, 0.05) is 169 Å². The van der Waals surface area contributed by atoms with E-state index in [2.05, 4.69) is 51.0 Å². The summed E-state index contributed by atoms with van der Waals surface area (Å²) in [7, 11) is 9.66. The average molecular weight is 1040 g/mol. The van der Waals surface area contributed by atoms with Gasteiger partial charge in [-0.15, -0.1) is 0 Å². The van der Waals surface area contributed by atoms with E-state index in [1.807, 2.05) is 79.1 Å². The Balaban J connectivity index is 0.000000134. The lowest BCUT2D eigenvalue weighted by atomic mass is 9.72. The largest absolute Gasteiger partial charge is 0.396 e. The Morgan fingerprint density at radius 3 is 1.47 bits per heavy atom. The fourth-order valence-electron chi connectivity index (χ4n) is 11.8. The molecular weight excluding hydrogens is 963 g/mol. The number of fused-ring (bicyclic) bond motifs is 1. The molecule has 7 saturated heterocycles. The zero-order chi connectivity index (χ0) is 54.1. The summed E-state index contributed by atoms with van der Waals surface area (Å²) in [6.07, 6.45) is 20.7. The van der Waals surface area contributed by atoms with Crippen molar-refractivity contribution in [2.45, 2.75) is 57.1 Å². The number of morpholine rings is 1. The third-order valence-electron chi connectivity index (χ3n) is 16.6. The second kappa shape index (κ2) is 24.3. The number of carbonyl (C=O) groups excluding carboxylic acids is 3. The molecule has 11 rings (SSSR count). The lowest BCUT2D eigenvalue weighted by molar-refractivity contribution is -0.140. The number of hydrogen-bond donors (Lipinski definition) is 4. The zero-order valence-corrected chi connectivity index (χ0v) is 45.4. The van der Waals surface area contributed by atoms with Crippen molar-refractivity contribution in [2.75, 3.05) is 169 Å². The predicted molar refractivity (Wildman–Crippen MR) is 301 cm³/mol. The molecule has 21 heteroatoms. The molecule has 3 amide bonds. The number of hydrogen-bond acceptors (Lipinski definition) is 18. The van der Waals surface area contributed by atoms with Crippen LogP contribution >= 0.6 is 0 Å². The first kappa shape index (κ1) is 55.1. The highest BCUT2D eigenvalue weighted by Gasteiger charge is 2.44. The summed E-state index contributed by atoms with van der Waals surface area (Å²) in [4.78, 5) is 70.6. The van der Waals surface area contributed by atoms with Gasteiger partial charge in [0.25, 0.3) is 0 Å². The second-order valence-electron chi connectivity index (χ2n) is 21.8. The molecule has 7 fully saturated rings. The molecule has 76 heavy (non-hydrogen) atoms. The maximum absolute atomic E-state index is 12.2. The van der Waals surface area contributed by atoms with Gasteiger partial charge in [0.1, 0.15) is 12.1 Å². The van der Waals surface area contributed by atoms with E-state index in [1.165, 1.54) is 0 Å². The number of aromatic nitrogens is 4. The fraction of sp³-hybridized carbons (Fsp3) is 0.545. The van der Waals surface area contributed by atoms with Crippen LogP contribution in [0.4, 0.5) is 45.5 Å². The van der Waals surface area contributed by atoms with E-state index in [9.17, 15) is 14.4 Å². The van der Waals surface area contributed by atoms with Crippen LogP contribution in [0.25, 0.3) is 0 Å². The average Bonchev–Trinajstić information content (AvgIpc) is 3.72. The van der Waals surface area contributed by atoms with Gasteiger partial charge in [-0.05, 0) is 61.8 Å². The van der Waals surface area contributed by atoms with Crippen molar-refractivity contribution in [3.05, 3.63) is 86.1 Å². The number of rotatable bonds is 6. The van der Waals surface area contributed by atoms with Crippen LogP contribution in [0.5, 0.6) is 0 Å². The summed E-state index contributed by atoms with van der Waals surface area (Å²) >= 11 is 0. The van der Waals surface area contributed by atoms with E-state index in [-0.39, 0.29) is 35.3 Å². The number of ether oxygens (including phenoxy) is 1. The molecule has 7 aliphatic rings. The molecule has 8 N–H and O–H groups in total. The highest BCUT2D eigenvalue weighted by Crippen LogP contribution is 2.43. The summed E-state index contributed by atoms with van der Waals surface area (Å²) in [5.74, 6) is 0.789. The highest BCUT2D eigenvalue weighted by molar-refractivity contribution is 5.84. The first-order valence-corrected chi connectivity index (χ1v) is 26.7. The Morgan fingerprint density at radius 1 is 0.566 bits per heavy atom. The van der Waals surface area contributed by atoms with Crippen LogP contribution in [-0.4, -0.2) is 201 Å². The van der Waals surface area contributed by atoms with Crippen molar-refractivity contribution in [2.24, 2.45) is 10.8 Å². The Bertz CT molecular complexity index is 2640. The lowest BCUT2D eigenvalue weighted by Crippen LogP contribution is -2.64. The zero-order valence-electron chi connectivity index (χ0n) is 45.4. The number of nitrogens with zero attached hydrogens (tertiary/aromatic N) is 13. The minimum absolute atomic E-state index is 0.0151. The molecule has 21 nitrogen and oxygen atoms in total. The quantitative estimate of drug-likeness (QED) is 0.217. The number of likely N-dealkylation sites (N-methyl/N-ethyl adjacent to an activating group) is 2. The SMILES string of the molecule is C=C(C1CN(c2ccncc2N)CCO1)N(C)C.CN1CC2(CCC1=O)CCN(c1ccncc1N)CC2.CN1CC2(CCN(c3ccncc3N)CC2)CC1=O.CN1CCN2CCN(c3ccncc3N)CC2C1=O. The summed E-state index contributed by atoms with van der Waals surface area (Å²) in [6, 6.07) is 7.78. The van der Waals surface area contributed by atoms with Crippen LogP contribution < -0.4 is 42.5 Å². The van der Waals surface area contributed by atoms with Gasteiger partial charge in [-0.2, -0.15) is 0 Å². The van der Waals surface area contributed by atoms with Crippen LogP contribution in [0.15, 0.2) is 86.1 Å². The number of amides is 3. The fourth-order valence-corrected chi connectivity index (χ4v) is 11.8. The summed E-state index contributed by atoms with van der Waals surface area (Å²) in [6.45, 7) is 16.4. The van der Waals surface area contributed by atoms with Gasteiger partial charge < -0.3 is 66.9 Å². The van der Waals surface area contributed by atoms with Crippen molar-refractivity contribution in [3.8, 4) is 0 Å².